The molecule has 110 valence electrons. The van der Waals surface area contributed by atoms with Crippen LogP contribution in [0, 0.1) is 19.7 Å². The number of anilines is 1. The summed E-state index contributed by atoms with van der Waals surface area (Å²) in [5, 5.41) is 3.80. The highest BCUT2D eigenvalue weighted by Crippen LogP contribution is 2.19. The van der Waals surface area contributed by atoms with Gasteiger partial charge in [0.05, 0.1) is 0 Å². The highest BCUT2D eigenvalue weighted by atomic mass is 32.1. The molecule has 0 saturated heterocycles. The molecule has 0 fully saturated rings. The molecule has 0 aliphatic rings. The molecule has 0 heterocycles. The summed E-state index contributed by atoms with van der Waals surface area (Å²) >= 11 is 5.40. The van der Waals surface area contributed by atoms with Crippen molar-refractivity contribution < 1.29 is 4.39 Å². The second-order valence-corrected chi connectivity index (χ2v) is 5.51. The number of nitrogens with one attached hydrogen (secondary N) is 1. The van der Waals surface area contributed by atoms with Crippen molar-refractivity contribution in [3.05, 3.63) is 65.0 Å². The molecule has 4 heteroatoms. The summed E-state index contributed by atoms with van der Waals surface area (Å²) in [5.41, 5.74) is 3.99. The fraction of sp³-hybridized carbons (Fsp3) is 0.235. The van der Waals surface area contributed by atoms with Gasteiger partial charge in [-0.2, -0.15) is 0 Å². The van der Waals surface area contributed by atoms with Crippen LogP contribution in [0.5, 0.6) is 0 Å². The summed E-state index contributed by atoms with van der Waals surface area (Å²) in [7, 11) is 1.85. The van der Waals surface area contributed by atoms with E-state index in [1.165, 1.54) is 17.2 Å². The quantitative estimate of drug-likeness (QED) is 0.852. The average molecular weight is 302 g/mol. The van der Waals surface area contributed by atoms with Crippen molar-refractivity contribution in [1.82, 2.24) is 4.90 Å². The predicted octanol–water partition coefficient (Wildman–Crippen LogP) is 4.27. The van der Waals surface area contributed by atoms with Crippen molar-refractivity contribution >= 4 is 23.0 Å². The lowest BCUT2D eigenvalue weighted by molar-refractivity contribution is 0.486. The zero-order valence-electron chi connectivity index (χ0n) is 12.5. The van der Waals surface area contributed by atoms with Gasteiger partial charge in [0.15, 0.2) is 5.11 Å². The molecule has 0 radical (unpaired) electrons. The van der Waals surface area contributed by atoms with E-state index in [-0.39, 0.29) is 5.82 Å². The summed E-state index contributed by atoms with van der Waals surface area (Å²) in [6.45, 7) is 4.55. The number of hydrogen-bond acceptors (Lipinski definition) is 1. The lowest BCUT2D eigenvalue weighted by Crippen LogP contribution is -2.31. The topological polar surface area (TPSA) is 15.3 Å². The van der Waals surface area contributed by atoms with Crippen molar-refractivity contribution in [1.29, 1.82) is 0 Å². The second-order valence-electron chi connectivity index (χ2n) is 5.13. The van der Waals surface area contributed by atoms with Crippen LogP contribution in [0.25, 0.3) is 0 Å². The first-order valence-corrected chi connectivity index (χ1v) is 7.21. The third-order valence-corrected chi connectivity index (χ3v) is 3.97. The van der Waals surface area contributed by atoms with Crippen molar-refractivity contribution in [2.75, 3.05) is 12.4 Å². The first-order chi connectivity index (χ1) is 9.99. The van der Waals surface area contributed by atoms with Gasteiger partial charge < -0.3 is 10.2 Å². The van der Waals surface area contributed by atoms with Crippen LogP contribution in [-0.2, 0) is 6.54 Å². The zero-order chi connectivity index (χ0) is 15.4. The number of nitrogens with zero attached hydrogens (tertiary/aromatic N) is 1. The number of hydrogen-bond donors (Lipinski definition) is 1. The largest absolute Gasteiger partial charge is 0.348 e. The standard InChI is InChI=1S/C17H19FN2S/c1-12-7-6-10-16(13(12)2)19-17(21)20(3)11-14-8-4-5-9-15(14)18/h4-10H,11H2,1-3H3,(H,19,21). The smallest absolute Gasteiger partial charge is 0.173 e. The second kappa shape index (κ2) is 6.68. The Kier molecular flexibility index (Phi) is 4.91. The molecule has 0 unspecified atom stereocenters. The molecule has 2 nitrogen and oxygen atoms in total. The van der Waals surface area contributed by atoms with Crippen LogP contribution in [0.1, 0.15) is 16.7 Å². The zero-order valence-corrected chi connectivity index (χ0v) is 13.3. The number of halogens is 1. The van der Waals surface area contributed by atoms with E-state index < -0.39 is 0 Å². The Bertz CT molecular complexity index is 655. The first-order valence-electron chi connectivity index (χ1n) is 6.81. The van der Waals surface area contributed by atoms with Crippen molar-refractivity contribution in [3.8, 4) is 0 Å². The van der Waals surface area contributed by atoms with E-state index in [2.05, 4.69) is 25.2 Å². The number of benzene rings is 2. The lowest BCUT2D eigenvalue weighted by atomic mass is 10.1. The molecule has 0 aliphatic carbocycles. The van der Waals surface area contributed by atoms with E-state index in [9.17, 15) is 4.39 Å². The van der Waals surface area contributed by atoms with Gasteiger partial charge in [-0.25, -0.2) is 4.39 Å². The molecule has 0 aromatic heterocycles. The van der Waals surface area contributed by atoms with E-state index >= 15 is 0 Å². The van der Waals surface area contributed by atoms with Crippen LogP contribution in [-0.4, -0.2) is 17.1 Å². The van der Waals surface area contributed by atoms with Crippen molar-refractivity contribution in [2.24, 2.45) is 0 Å². The van der Waals surface area contributed by atoms with Crippen LogP contribution < -0.4 is 5.32 Å². The fourth-order valence-electron chi connectivity index (χ4n) is 2.05. The average Bonchev–Trinajstić information content (AvgIpc) is 2.46. The minimum atomic E-state index is -0.209. The molecular formula is C17H19FN2S. The van der Waals surface area contributed by atoms with E-state index in [1.807, 2.05) is 30.1 Å². The third-order valence-electron chi connectivity index (χ3n) is 3.56. The lowest BCUT2D eigenvalue weighted by Gasteiger charge is -2.22. The number of rotatable bonds is 3. The Morgan fingerprint density at radius 2 is 1.86 bits per heavy atom. The van der Waals surface area contributed by atoms with Gasteiger partial charge in [0.25, 0.3) is 0 Å². The first kappa shape index (κ1) is 15.4. The van der Waals surface area contributed by atoms with Gasteiger partial charge in [0, 0.05) is 24.8 Å². The van der Waals surface area contributed by atoms with Crippen LogP contribution in [0.2, 0.25) is 0 Å². The molecule has 2 aromatic rings. The van der Waals surface area contributed by atoms with Crippen LogP contribution in [0.3, 0.4) is 0 Å². The maximum atomic E-state index is 13.7. The Balaban J connectivity index is 2.06. The molecule has 0 atom stereocenters. The van der Waals surface area contributed by atoms with Crippen LogP contribution in [0.4, 0.5) is 10.1 Å². The third kappa shape index (κ3) is 3.79. The van der Waals surface area contributed by atoms with Crippen LogP contribution in [0.15, 0.2) is 42.5 Å². The van der Waals surface area contributed by atoms with Crippen LogP contribution >= 0.6 is 12.2 Å². The van der Waals surface area contributed by atoms with Gasteiger partial charge >= 0.3 is 0 Å². The van der Waals surface area contributed by atoms with Gasteiger partial charge in [0.2, 0.25) is 0 Å². The summed E-state index contributed by atoms with van der Waals surface area (Å²) in [6.07, 6.45) is 0. The molecule has 0 aliphatic heterocycles. The maximum Gasteiger partial charge on any atom is 0.173 e. The maximum absolute atomic E-state index is 13.7. The summed E-state index contributed by atoms with van der Waals surface area (Å²) in [6, 6.07) is 12.8. The fourth-order valence-corrected chi connectivity index (χ4v) is 2.23. The molecule has 0 spiro atoms. The van der Waals surface area contributed by atoms with Gasteiger partial charge in [-0.05, 0) is 49.3 Å². The highest BCUT2D eigenvalue weighted by molar-refractivity contribution is 7.80. The minimum absolute atomic E-state index is 0.209. The minimum Gasteiger partial charge on any atom is -0.348 e. The van der Waals surface area contributed by atoms with Crippen molar-refractivity contribution in [2.45, 2.75) is 20.4 Å². The Morgan fingerprint density at radius 3 is 2.57 bits per heavy atom. The van der Waals surface area contributed by atoms with Gasteiger partial charge in [-0.1, -0.05) is 30.3 Å². The number of thiocarbonyl (C=S) groups is 1. The normalized spacial score (nSPS) is 10.3. The van der Waals surface area contributed by atoms with E-state index in [4.69, 9.17) is 12.2 Å². The van der Waals surface area contributed by atoms with E-state index in [0.717, 1.165) is 5.69 Å². The van der Waals surface area contributed by atoms with E-state index in [0.29, 0.717) is 17.2 Å². The summed E-state index contributed by atoms with van der Waals surface area (Å²) in [4.78, 5) is 1.83. The SMILES string of the molecule is Cc1cccc(NC(=S)N(C)Cc2ccccc2F)c1C. The predicted molar refractivity (Wildman–Crippen MR) is 90.0 cm³/mol. The van der Waals surface area contributed by atoms with Crippen molar-refractivity contribution in [3.63, 3.8) is 0 Å². The summed E-state index contributed by atoms with van der Waals surface area (Å²) < 4.78 is 13.7. The molecule has 0 amide bonds. The number of aryl methyl sites for hydroxylation is 1. The van der Waals surface area contributed by atoms with E-state index in [1.54, 1.807) is 12.1 Å². The molecule has 0 saturated carbocycles. The van der Waals surface area contributed by atoms with Gasteiger partial charge in [-0.3, -0.25) is 0 Å². The van der Waals surface area contributed by atoms with Gasteiger partial charge in [-0.15, -0.1) is 0 Å². The Hall–Kier alpha value is -1.94. The molecule has 1 N–H and O–H groups in total. The molecule has 0 bridgehead atoms. The molecule has 21 heavy (non-hydrogen) atoms. The van der Waals surface area contributed by atoms with Gasteiger partial charge in [0.1, 0.15) is 5.82 Å². The monoisotopic (exact) mass is 302 g/mol. The molecule has 2 aromatic carbocycles. The molecular weight excluding hydrogens is 283 g/mol. The Labute approximate surface area is 130 Å². The highest BCUT2D eigenvalue weighted by Gasteiger charge is 2.10. The summed E-state index contributed by atoms with van der Waals surface area (Å²) in [5.74, 6) is -0.209. The Morgan fingerprint density at radius 1 is 1.14 bits per heavy atom. The molecule has 2 rings (SSSR count).